The van der Waals surface area contributed by atoms with Gasteiger partial charge in [0.2, 0.25) is 0 Å². The van der Waals surface area contributed by atoms with E-state index in [0.29, 0.717) is 5.92 Å². The summed E-state index contributed by atoms with van der Waals surface area (Å²) < 4.78 is 0. The van der Waals surface area contributed by atoms with Crippen LogP contribution in [0.1, 0.15) is 19.5 Å². The van der Waals surface area contributed by atoms with Crippen molar-refractivity contribution in [3.8, 4) is 11.1 Å². The predicted molar refractivity (Wildman–Crippen MR) is 88.5 cm³/mol. The van der Waals surface area contributed by atoms with Crippen LogP contribution < -0.4 is 5.43 Å². The lowest BCUT2D eigenvalue weighted by Gasteiger charge is -2.10. The van der Waals surface area contributed by atoms with Crippen LogP contribution in [0.15, 0.2) is 59.4 Å². The van der Waals surface area contributed by atoms with Crippen molar-refractivity contribution in [1.82, 2.24) is 4.98 Å². The van der Waals surface area contributed by atoms with Crippen molar-refractivity contribution in [2.45, 2.75) is 20.3 Å². The van der Waals surface area contributed by atoms with Crippen molar-refractivity contribution in [2.24, 2.45) is 5.92 Å². The highest BCUT2D eigenvalue weighted by atomic mass is 16.1. The normalized spacial score (nSPS) is 11.2. The number of aromatic amines is 1. The van der Waals surface area contributed by atoms with Gasteiger partial charge in [0, 0.05) is 22.7 Å². The molecule has 0 radical (unpaired) electrons. The molecular weight excluding hydrogens is 258 g/mol. The number of pyridine rings is 1. The fourth-order valence-corrected chi connectivity index (χ4v) is 2.73. The lowest BCUT2D eigenvalue weighted by molar-refractivity contribution is 0.636. The van der Waals surface area contributed by atoms with Gasteiger partial charge in [-0.05, 0) is 24.0 Å². The van der Waals surface area contributed by atoms with E-state index in [9.17, 15) is 4.79 Å². The Balaban J connectivity index is 2.26. The summed E-state index contributed by atoms with van der Waals surface area (Å²) in [7, 11) is 0. The smallest absolute Gasteiger partial charge is 0.189 e. The van der Waals surface area contributed by atoms with Gasteiger partial charge in [0.1, 0.15) is 0 Å². The van der Waals surface area contributed by atoms with Gasteiger partial charge in [0.25, 0.3) is 0 Å². The first-order valence-corrected chi connectivity index (χ1v) is 7.35. The summed E-state index contributed by atoms with van der Waals surface area (Å²) in [6.07, 6.45) is 0.883. The van der Waals surface area contributed by atoms with Gasteiger partial charge in [-0.1, -0.05) is 56.3 Å². The Morgan fingerprint density at radius 3 is 2.48 bits per heavy atom. The number of benzene rings is 2. The Kier molecular flexibility index (Phi) is 3.61. The maximum Gasteiger partial charge on any atom is 0.189 e. The van der Waals surface area contributed by atoms with Crippen LogP contribution in [-0.4, -0.2) is 4.98 Å². The molecule has 0 aliphatic heterocycles. The fourth-order valence-electron chi connectivity index (χ4n) is 2.73. The number of nitrogens with one attached hydrogen (secondary N) is 1. The first-order valence-electron chi connectivity index (χ1n) is 7.35. The predicted octanol–water partition coefficient (Wildman–Crippen LogP) is 4.39. The molecule has 0 atom stereocenters. The Hall–Kier alpha value is -2.35. The monoisotopic (exact) mass is 277 g/mol. The summed E-state index contributed by atoms with van der Waals surface area (Å²) in [5.41, 5.74) is 4.24. The Labute approximate surface area is 124 Å². The third kappa shape index (κ3) is 2.75. The highest BCUT2D eigenvalue weighted by Gasteiger charge is 2.08. The van der Waals surface area contributed by atoms with Crippen molar-refractivity contribution >= 4 is 10.9 Å². The molecule has 0 aliphatic carbocycles. The second-order valence-corrected chi connectivity index (χ2v) is 5.85. The van der Waals surface area contributed by atoms with E-state index in [0.717, 1.165) is 34.1 Å². The summed E-state index contributed by atoms with van der Waals surface area (Å²) in [4.78, 5) is 15.8. The molecule has 0 bridgehead atoms. The molecule has 0 fully saturated rings. The molecule has 0 saturated heterocycles. The maximum absolute atomic E-state index is 12.3. The average Bonchev–Trinajstić information content (AvgIpc) is 2.47. The van der Waals surface area contributed by atoms with Crippen LogP contribution in [-0.2, 0) is 6.42 Å². The second kappa shape index (κ2) is 5.57. The van der Waals surface area contributed by atoms with Crippen LogP contribution in [0, 0.1) is 5.92 Å². The molecular formula is C19H19NO. The van der Waals surface area contributed by atoms with Crippen molar-refractivity contribution in [2.75, 3.05) is 0 Å². The number of rotatable bonds is 3. The molecule has 3 rings (SSSR count). The molecule has 2 aromatic carbocycles. The molecule has 106 valence electrons. The average molecular weight is 277 g/mol. The standard InChI is InChI=1S/C19H19NO/c1-13(2)11-15-12-18(21)17-10-6-9-16(19(17)20-15)14-7-4-3-5-8-14/h3-10,12-13H,11H2,1-2H3,(H,20,21). The Morgan fingerprint density at radius 1 is 1.00 bits per heavy atom. The largest absolute Gasteiger partial charge is 0.358 e. The topological polar surface area (TPSA) is 32.9 Å². The van der Waals surface area contributed by atoms with Crippen LogP contribution >= 0.6 is 0 Å². The number of fused-ring (bicyclic) bond motifs is 1. The van der Waals surface area contributed by atoms with Gasteiger partial charge in [-0.15, -0.1) is 0 Å². The molecule has 1 N–H and O–H groups in total. The van der Waals surface area contributed by atoms with Gasteiger partial charge in [-0.3, -0.25) is 4.79 Å². The van der Waals surface area contributed by atoms with Gasteiger partial charge in [0.15, 0.2) is 5.43 Å². The zero-order valence-corrected chi connectivity index (χ0v) is 12.4. The summed E-state index contributed by atoms with van der Waals surface area (Å²) in [6, 6.07) is 17.8. The lowest BCUT2D eigenvalue weighted by Crippen LogP contribution is -2.08. The van der Waals surface area contributed by atoms with Crippen molar-refractivity contribution in [3.05, 3.63) is 70.5 Å². The van der Waals surface area contributed by atoms with Crippen LogP contribution in [0.25, 0.3) is 22.0 Å². The molecule has 1 aromatic heterocycles. The van der Waals surface area contributed by atoms with Gasteiger partial charge in [-0.2, -0.15) is 0 Å². The van der Waals surface area contributed by atoms with E-state index in [2.05, 4.69) is 37.0 Å². The van der Waals surface area contributed by atoms with E-state index in [1.165, 1.54) is 0 Å². The summed E-state index contributed by atoms with van der Waals surface area (Å²) in [5.74, 6) is 0.516. The van der Waals surface area contributed by atoms with Crippen LogP contribution in [0.4, 0.5) is 0 Å². The lowest BCUT2D eigenvalue weighted by atomic mass is 10.0. The third-order valence-electron chi connectivity index (χ3n) is 3.63. The van der Waals surface area contributed by atoms with E-state index in [-0.39, 0.29) is 5.43 Å². The number of aromatic nitrogens is 1. The van der Waals surface area contributed by atoms with Crippen LogP contribution in [0.2, 0.25) is 0 Å². The maximum atomic E-state index is 12.3. The SMILES string of the molecule is CC(C)Cc1cc(=O)c2cccc(-c3ccccc3)c2[nH]1. The molecule has 0 saturated carbocycles. The fraction of sp³-hybridized carbons (Fsp3) is 0.211. The van der Waals surface area contributed by atoms with Crippen molar-refractivity contribution in [1.29, 1.82) is 0 Å². The molecule has 3 aromatic rings. The molecule has 1 heterocycles. The molecule has 0 spiro atoms. The Bertz CT molecular complexity index is 816. The van der Waals surface area contributed by atoms with E-state index in [4.69, 9.17) is 0 Å². The molecule has 0 unspecified atom stereocenters. The van der Waals surface area contributed by atoms with Crippen LogP contribution in [0.5, 0.6) is 0 Å². The van der Waals surface area contributed by atoms with Gasteiger partial charge in [0.05, 0.1) is 5.52 Å². The minimum atomic E-state index is 0.0946. The highest BCUT2D eigenvalue weighted by molar-refractivity contribution is 5.93. The van der Waals surface area contributed by atoms with Crippen LogP contribution in [0.3, 0.4) is 0 Å². The second-order valence-electron chi connectivity index (χ2n) is 5.85. The summed E-state index contributed by atoms with van der Waals surface area (Å²) in [5, 5.41) is 0.754. The minimum Gasteiger partial charge on any atom is -0.358 e. The van der Waals surface area contributed by atoms with Crippen molar-refractivity contribution < 1.29 is 0 Å². The molecule has 2 heteroatoms. The minimum absolute atomic E-state index is 0.0946. The molecule has 2 nitrogen and oxygen atoms in total. The van der Waals surface area contributed by atoms with Crippen molar-refractivity contribution in [3.63, 3.8) is 0 Å². The number of H-pyrrole nitrogens is 1. The number of hydrogen-bond donors (Lipinski definition) is 1. The van der Waals surface area contributed by atoms with E-state index in [1.807, 2.05) is 30.3 Å². The first kappa shape index (κ1) is 13.6. The third-order valence-corrected chi connectivity index (χ3v) is 3.63. The zero-order chi connectivity index (χ0) is 14.8. The first-order chi connectivity index (χ1) is 10.1. The molecule has 0 amide bonds. The van der Waals surface area contributed by atoms with Gasteiger partial charge in [-0.25, -0.2) is 0 Å². The molecule has 21 heavy (non-hydrogen) atoms. The van der Waals surface area contributed by atoms with E-state index in [1.54, 1.807) is 6.07 Å². The Morgan fingerprint density at radius 2 is 1.76 bits per heavy atom. The number of para-hydroxylation sites is 1. The quantitative estimate of drug-likeness (QED) is 0.756. The summed E-state index contributed by atoms with van der Waals surface area (Å²) >= 11 is 0. The highest BCUT2D eigenvalue weighted by Crippen LogP contribution is 2.26. The van der Waals surface area contributed by atoms with E-state index >= 15 is 0 Å². The molecule has 0 aliphatic rings. The van der Waals surface area contributed by atoms with Gasteiger partial charge >= 0.3 is 0 Å². The van der Waals surface area contributed by atoms with Gasteiger partial charge < -0.3 is 4.98 Å². The summed E-state index contributed by atoms with van der Waals surface area (Å²) in [6.45, 7) is 4.32. The van der Waals surface area contributed by atoms with E-state index < -0.39 is 0 Å². The zero-order valence-electron chi connectivity index (χ0n) is 12.4. The number of hydrogen-bond acceptors (Lipinski definition) is 1.